The number of aliphatic carboxylic acids is 1. The molecule has 5 rings (SSSR count). The van der Waals surface area contributed by atoms with Crippen LogP contribution in [0.15, 0.2) is 42.5 Å². The molecule has 0 bridgehead atoms. The number of aryl methyl sites for hydroxylation is 1. The van der Waals surface area contributed by atoms with Crippen LogP contribution in [0.3, 0.4) is 0 Å². The molecule has 38 heavy (non-hydrogen) atoms. The first-order chi connectivity index (χ1) is 18.0. The van der Waals surface area contributed by atoms with Gasteiger partial charge in [-0.15, -0.1) is 13.2 Å². The highest BCUT2D eigenvalue weighted by Gasteiger charge is 2.51. The summed E-state index contributed by atoms with van der Waals surface area (Å²) in [7, 11) is 0. The Morgan fingerprint density at radius 3 is 2.37 bits per heavy atom. The lowest BCUT2D eigenvalue weighted by molar-refractivity contribution is -0.274. The molecular weight excluding hydrogens is 501 g/mol. The second kappa shape index (κ2) is 9.96. The molecule has 3 atom stereocenters. The van der Waals surface area contributed by atoms with Crippen LogP contribution in [-0.4, -0.2) is 46.2 Å². The standard InChI is InChI=1S/C28H29F3N2O5/c1-16-5-12-23-21(15-16)26(32(18-8-9-18)24(34)13-14-25(35)36)20-3-2-4-22(20)33(23)27(37)17-6-10-19(11-7-17)38-28(29,30)31/h5-7,10-12,15,18,20,22,26H,2-4,8-9,13-14H2,1H3,(H,35,36). The van der Waals surface area contributed by atoms with E-state index in [1.54, 1.807) is 4.90 Å². The Labute approximate surface area is 218 Å². The second-order valence-electron chi connectivity index (χ2n) is 10.3. The zero-order chi connectivity index (χ0) is 27.2. The Hall–Kier alpha value is -3.56. The number of nitrogens with zero attached hydrogens (tertiary/aromatic N) is 2. The molecule has 2 aliphatic carbocycles. The summed E-state index contributed by atoms with van der Waals surface area (Å²) in [6.45, 7) is 1.94. The van der Waals surface area contributed by atoms with Crippen molar-refractivity contribution < 1.29 is 37.4 Å². The predicted octanol–water partition coefficient (Wildman–Crippen LogP) is 5.62. The third-order valence-corrected chi connectivity index (χ3v) is 7.66. The lowest BCUT2D eigenvalue weighted by Gasteiger charge is -2.48. The van der Waals surface area contributed by atoms with Gasteiger partial charge in [0.25, 0.3) is 5.91 Å². The number of ether oxygens (including phenoxy) is 1. The molecule has 2 fully saturated rings. The van der Waals surface area contributed by atoms with Gasteiger partial charge < -0.3 is 19.6 Å². The number of fused-ring (bicyclic) bond motifs is 2. The maximum absolute atomic E-state index is 13.8. The van der Waals surface area contributed by atoms with Gasteiger partial charge in [-0.2, -0.15) is 0 Å². The fraction of sp³-hybridized carbons (Fsp3) is 0.464. The van der Waals surface area contributed by atoms with Gasteiger partial charge >= 0.3 is 12.3 Å². The van der Waals surface area contributed by atoms with Crippen LogP contribution in [0.5, 0.6) is 5.75 Å². The molecule has 202 valence electrons. The van der Waals surface area contributed by atoms with Crippen molar-refractivity contribution in [2.45, 2.75) is 76.4 Å². The number of halogens is 3. The topological polar surface area (TPSA) is 87.2 Å². The molecule has 0 spiro atoms. The highest BCUT2D eigenvalue weighted by atomic mass is 19.4. The van der Waals surface area contributed by atoms with Gasteiger partial charge in [0.15, 0.2) is 0 Å². The fourth-order valence-corrected chi connectivity index (χ4v) is 6.03. The van der Waals surface area contributed by atoms with Crippen LogP contribution in [-0.2, 0) is 9.59 Å². The van der Waals surface area contributed by atoms with Crippen LogP contribution in [0.2, 0.25) is 0 Å². The third kappa shape index (κ3) is 5.21. The van der Waals surface area contributed by atoms with Crippen LogP contribution < -0.4 is 9.64 Å². The third-order valence-electron chi connectivity index (χ3n) is 7.66. The van der Waals surface area contributed by atoms with Gasteiger partial charge in [-0.3, -0.25) is 14.4 Å². The summed E-state index contributed by atoms with van der Waals surface area (Å²) in [5.41, 5.74) is 2.75. The van der Waals surface area contributed by atoms with E-state index in [1.807, 2.05) is 30.0 Å². The number of amides is 2. The highest BCUT2D eigenvalue weighted by Crippen LogP contribution is 2.53. The Bertz CT molecular complexity index is 1240. The number of hydrogen-bond acceptors (Lipinski definition) is 4. The lowest BCUT2D eigenvalue weighted by atomic mass is 9.80. The molecule has 0 aromatic heterocycles. The van der Waals surface area contributed by atoms with Gasteiger partial charge in [0.1, 0.15) is 5.75 Å². The molecule has 1 N–H and O–H groups in total. The first kappa shape index (κ1) is 26.1. The highest BCUT2D eigenvalue weighted by molar-refractivity contribution is 6.07. The number of carbonyl (C=O) groups excluding carboxylic acids is 2. The summed E-state index contributed by atoms with van der Waals surface area (Å²) < 4.78 is 41.7. The van der Waals surface area contributed by atoms with Crippen molar-refractivity contribution in [1.29, 1.82) is 0 Å². The molecule has 2 saturated carbocycles. The number of alkyl halides is 3. The molecule has 1 aliphatic heterocycles. The zero-order valence-electron chi connectivity index (χ0n) is 20.9. The van der Waals surface area contributed by atoms with Crippen LogP contribution in [0.4, 0.5) is 18.9 Å². The van der Waals surface area contributed by atoms with Gasteiger partial charge in [-0.05, 0) is 68.5 Å². The normalized spacial score (nSPS) is 22.4. The Morgan fingerprint density at radius 2 is 1.74 bits per heavy atom. The molecule has 1 heterocycles. The molecule has 7 nitrogen and oxygen atoms in total. The maximum atomic E-state index is 13.8. The predicted molar refractivity (Wildman–Crippen MR) is 132 cm³/mol. The smallest absolute Gasteiger partial charge is 0.481 e. The fourth-order valence-electron chi connectivity index (χ4n) is 6.03. The molecule has 2 amide bonds. The summed E-state index contributed by atoms with van der Waals surface area (Å²) in [6, 6.07) is 10.3. The van der Waals surface area contributed by atoms with E-state index < -0.39 is 18.1 Å². The van der Waals surface area contributed by atoms with Crippen molar-refractivity contribution in [3.05, 3.63) is 59.2 Å². The van der Waals surface area contributed by atoms with Gasteiger partial charge in [0.05, 0.1) is 12.5 Å². The van der Waals surface area contributed by atoms with Gasteiger partial charge in [-0.25, -0.2) is 0 Å². The molecule has 3 unspecified atom stereocenters. The Balaban J connectivity index is 1.52. The number of anilines is 1. The number of benzene rings is 2. The minimum absolute atomic E-state index is 0.0320. The average Bonchev–Trinajstić information content (AvgIpc) is 3.57. The number of hydrogen-bond donors (Lipinski definition) is 1. The van der Waals surface area contributed by atoms with E-state index in [2.05, 4.69) is 4.74 Å². The van der Waals surface area contributed by atoms with Crippen molar-refractivity contribution >= 4 is 23.5 Å². The van der Waals surface area contributed by atoms with Crippen molar-refractivity contribution in [3.8, 4) is 5.75 Å². The van der Waals surface area contributed by atoms with Gasteiger partial charge in [-0.1, -0.05) is 24.1 Å². The molecule has 2 aromatic rings. The van der Waals surface area contributed by atoms with E-state index in [4.69, 9.17) is 5.11 Å². The summed E-state index contributed by atoms with van der Waals surface area (Å²) >= 11 is 0. The van der Waals surface area contributed by atoms with Crippen molar-refractivity contribution in [1.82, 2.24) is 4.90 Å². The monoisotopic (exact) mass is 530 g/mol. The van der Waals surface area contributed by atoms with Crippen LogP contribution in [0.1, 0.15) is 72.5 Å². The number of rotatable bonds is 7. The Morgan fingerprint density at radius 1 is 1.03 bits per heavy atom. The van der Waals surface area contributed by atoms with E-state index in [-0.39, 0.29) is 54.3 Å². The minimum Gasteiger partial charge on any atom is -0.481 e. The Kier molecular flexibility index (Phi) is 6.83. The average molecular weight is 531 g/mol. The molecule has 10 heteroatoms. The SMILES string of the molecule is Cc1ccc2c(c1)C(N(C(=O)CCC(=O)O)C1CC1)C1CCCC1N2C(=O)c1ccc(OC(F)(F)F)cc1. The number of carboxylic acid groups (broad SMARTS) is 1. The molecular formula is C28H29F3N2O5. The molecule has 3 aliphatic rings. The first-order valence-corrected chi connectivity index (χ1v) is 12.9. The zero-order valence-corrected chi connectivity index (χ0v) is 20.9. The van der Waals surface area contributed by atoms with Crippen molar-refractivity contribution in [3.63, 3.8) is 0 Å². The quantitative estimate of drug-likeness (QED) is 0.502. The summed E-state index contributed by atoms with van der Waals surface area (Å²) in [6.07, 6.45) is -0.999. The van der Waals surface area contributed by atoms with Crippen molar-refractivity contribution in [2.24, 2.45) is 5.92 Å². The van der Waals surface area contributed by atoms with E-state index in [0.717, 1.165) is 55.4 Å². The summed E-state index contributed by atoms with van der Waals surface area (Å²) in [5, 5.41) is 9.15. The first-order valence-electron chi connectivity index (χ1n) is 12.9. The van der Waals surface area contributed by atoms with Crippen LogP contribution in [0.25, 0.3) is 0 Å². The number of carbonyl (C=O) groups is 3. The molecule has 0 radical (unpaired) electrons. The molecule has 2 aromatic carbocycles. The van der Waals surface area contributed by atoms with E-state index >= 15 is 0 Å². The minimum atomic E-state index is -4.82. The van der Waals surface area contributed by atoms with E-state index in [0.29, 0.717) is 5.69 Å². The number of carboxylic acids is 1. The van der Waals surface area contributed by atoms with Gasteiger partial charge in [0, 0.05) is 35.7 Å². The molecule has 0 saturated heterocycles. The lowest BCUT2D eigenvalue weighted by Crippen LogP contribution is -2.53. The largest absolute Gasteiger partial charge is 0.573 e. The van der Waals surface area contributed by atoms with E-state index in [9.17, 15) is 27.6 Å². The second-order valence-corrected chi connectivity index (χ2v) is 10.3. The van der Waals surface area contributed by atoms with Crippen molar-refractivity contribution in [2.75, 3.05) is 4.90 Å². The van der Waals surface area contributed by atoms with Crippen LogP contribution in [0, 0.1) is 12.8 Å². The van der Waals surface area contributed by atoms with Crippen LogP contribution >= 0.6 is 0 Å². The van der Waals surface area contributed by atoms with E-state index in [1.165, 1.54) is 12.1 Å². The maximum Gasteiger partial charge on any atom is 0.573 e. The summed E-state index contributed by atoms with van der Waals surface area (Å²) in [4.78, 5) is 42.0. The van der Waals surface area contributed by atoms with Gasteiger partial charge in [0.2, 0.25) is 5.91 Å². The summed E-state index contributed by atoms with van der Waals surface area (Å²) in [5.74, 6) is -1.95.